The van der Waals surface area contributed by atoms with E-state index in [1.54, 1.807) is 4.57 Å². The highest BCUT2D eigenvalue weighted by molar-refractivity contribution is 6.17. The summed E-state index contributed by atoms with van der Waals surface area (Å²) in [5.74, 6) is 0.399. The third-order valence-electron chi connectivity index (χ3n) is 1.37. The van der Waals surface area contributed by atoms with E-state index in [4.69, 9.17) is 22.1 Å². The number of aryl methyl sites for hydroxylation is 1. The van der Waals surface area contributed by atoms with Gasteiger partial charge in [-0.05, 0) is 0 Å². The van der Waals surface area contributed by atoms with Crippen molar-refractivity contribution in [1.82, 2.24) is 9.55 Å². The van der Waals surface area contributed by atoms with E-state index in [0.29, 0.717) is 12.4 Å². The van der Waals surface area contributed by atoms with Crippen LogP contribution < -0.4 is 0 Å². The Morgan fingerprint density at radius 1 is 1.50 bits per heavy atom. The molecule has 60 valence electrons. The van der Waals surface area contributed by atoms with E-state index in [9.17, 15) is 0 Å². The molecule has 1 heterocycles. The molecule has 0 bridgehead atoms. The molecule has 0 saturated heterocycles. The zero-order chi connectivity index (χ0) is 8.97. The summed E-state index contributed by atoms with van der Waals surface area (Å²) in [6.45, 7) is 0.499. The summed E-state index contributed by atoms with van der Waals surface area (Å²) in [4.78, 5) is 3.74. The fourth-order valence-corrected chi connectivity index (χ4v) is 1.02. The fraction of sp³-hybridized carbons (Fsp3) is 0.286. The van der Waals surface area contributed by atoms with Gasteiger partial charge in [0.1, 0.15) is 12.1 Å². The van der Waals surface area contributed by atoms with Crippen molar-refractivity contribution in [2.24, 2.45) is 0 Å². The first kappa shape index (κ1) is 8.58. The van der Waals surface area contributed by atoms with Crippen LogP contribution in [0.15, 0.2) is 6.33 Å². The molecule has 12 heavy (non-hydrogen) atoms. The minimum Gasteiger partial charge on any atom is -0.320 e. The molecule has 5 heteroatoms. The van der Waals surface area contributed by atoms with E-state index in [1.807, 2.05) is 12.1 Å². The Morgan fingerprint density at radius 3 is 2.75 bits per heavy atom. The Balaban J connectivity index is 3.09. The molecule has 0 unspecified atom stereocenters. The van der Waals surface area contributed by atoms with Crippen LogP contribution in [-0.2, 0) is 6.54 Å². The van der Waals surface area contributed by atoms with E-state index in [-0.39, 0.29) is 11.4 Å². The second-order valence-corrected chi connectivity index (χ2v) is 2.43. The fourth-order valence-electron chi connectivity index (χ4n) is 0.842. The number of nitrogens with zero attached hydrogens (tertiary/aromatic N) is 4. The molecule has 0 N–H and O–H groups in total. The first-order chi connectivity index (χ1) is 5.83. The van der Waals surface area contributed by atoms with Gasteiger partial charge in [-0.15, -0.1) is 11.6 Å². The number of nitriles is 2. The number of hydrogen-bond donors (Lipinski definition) is 0. The number of halogens is 1. The third-order valence-corrected chi connectivity index (χ3v) is 1.54. The molecule has 0 atom stereocenters. The normalized spacial score (nSPS) is 8.92. The average molecular weight is 181 g/mol. The van der Waals surface area contributed by atoms with Crippen LogP contribution in [0, 0.1) is 22.7 Å². The summed E-state index contributed by atoms with van der Waals surface area (Å²) in [7, 11) is 0. The molecule has 4 nitrogen and oxygen atoms in total. The van der Waals surface area contributed by atoms with E-state index in [0.717, 1.165) is 0 Å². The lowest BCUT2D eigenvalue weighted by Gasteiger charge is -1.96. The second kappa shape index (κ2) is 3.75. The predicted octanol–water partition coefficient (Wildman–Crippen LogP) is 0.865. The Labute approximate surface area is 74.6 Å². The van der Waals surface area contributed by atoms with Gasteiger partial charge >= 0.3 is 0 Å². The number of imidazole rings is 1. The van der Waals surface area contributed by atoms with Gasteiger partial charge in [-0.1, -0.05) is 0 Å². The number of alkyl halides is 1. The quantitative estimate of drug-likeness (QED) is 0.635. The predicted molar refractivity (Wildman–Crippen MR) is 42.4 cm³/mol. The van der Waals surface area contributed by atoms with Crippen molar-refractivity contribution in [3.8, 4) is 12.1 Å². The standard InChI is InChI=1S/C7H5ClN4/c8-1-2-12-5-11-6(3-9)7(12)4-10/h5H,1-2H2. The smallest absolute Gasteiger partial charge is 0.176 e. The van der Waals surface area contributed by atoms with Gasteiger partial charge in [0.05, 0.1) is 6.33 Å². The summed E-state index contributed by atoms with van der Waals surface area (Å²) in [5.41, 5.74) is 0.431. The Bertz CT molecular complexity index is 354. The SMILES string of the molecule is N#Cc1ncn(CCCl)c1C#N. The van der Waals surface area contributed by atoms with E-state index in [2.05, 4.69) is 4.98 Å². The summed E-state index contributed by atoms with van der Waals surface area (Å²) in [6, 6.07) is 3.73. The minimum absolute atomic E-state index is 0.155. The van der Waals surface area contributed by atoms with E-state index >= 15 is 0 Å². The monoisotopic (exact) mass is 180 g/mol. The molecule has 0 aliphatic carbocycles. The highest BCUT2D eigenvalue weighted by Crippen LogP contribution is 2.04. The van der Waals surface area contributed by atoms with Gasteiger partial charge in [-0.25, -0.2) is 4.98 Å². The van der Waals surface area contributed by atoms with Gasteiger partial charge in [0.15, 0.2) is 11.4 Å². The first-order valence-electron chi connectivity index (χ1n) is 3.24. The van der Waals surface area contributed by atoms with Gasteiger partial charge in [-0.2, -0.15) is 10.5 Å². The van der Waals surface area contributed by atoms with Gasteiger partial charge in [0, 0.05) is 12.4 Å². The Hall–Kier alpha value is -1.52. The lowest BCUT2D eigenvalue weighted by atomic mass is 10.3. The molecule has 1 aromatic rings. The highest BCUT2D eigenvalue weighted by Gasteiger charge is 2.08. The molecular formula is C7H5ClN4. The van der Waals surface area contributed by atoms with Crippen molar-refractivity contribution < 1.29 is 0 Å². The van der Waals surface area contributed by atoms with Gasteiger partial charge in [0.25, 0.3) is 0 Å². The highest BCUT2D eigenvalue weighted by atomic mass is 35.5. The molecule has 0 saturated carbocycles. The lowest BCUT2D eigenvalue weighted by molar-refractivity contribution is 0.756. The molecule has 1 aromatic heterocycles. The van der Waals surface area contributed by atoms with Crippen LogP contribution in [0.3, 0.4) is 0 Å². The summed E-state index contributed by atoms with van der Waals surface area (Å²) in [5, 5.41) is 17.2. The van der Waals surface area contributed by atoms with Gasteiger partial charge in [-0.3, -0.25) is 0 Å². The van der Waals surface area contributed by atoms with Crippen LogP contribution in [0.5, 0.6) is 0 Å². The van der Waals surface area contributed by atoms with E-state index < -0.39 is 0 Å². The van der Waals surface area contributed by atoms with Gasteiger partial charge < -0.3 is 4.57 Å². The summed E-state index contributed by atoms with van der Waals surface area (Å²) >= 11 is 5.48. The van der Waals surface area contributed by atoms with Crippen LogP contribution in [0.25, 0.3) is 0 Å². The largest absolute Gasteiger partial charge is 0.320 e. The van der Waals surface area contributed by atoms with Crippen molar-refractivity contribution in [3.63, 3.8) is 0 Å². The van der Waals surface area contributed by atoms with Crippen molar-refractivity contribution in [2.75, 3.05) is 5.88 Å². The van der Waals surface area contributed by atoms with Crippen LogP contribution in [0.2, 0.25) is 0 Å². The Morgan fingerprint density at radius 2 is 2.25 bits per heavy atom. The van der Waals surface area contributed by atoms with Crippen molar-refractivity contribution in [1.29, 1.82) is 10.5 Å². The second-order valence-electron chi connectivity index (χ2n) is 2.05. The molecule has 0 aliphatic rings. The van der Waals surface area contributed by atoms with Crippen molar-refractivity contribution in [2.45, 2.75) is 6.54 Å². The number of aromatic nitrogens is 2. The maximum absolute atomic E-state index is 8.64. The molecule has 1 rings (SSSR count). The average Bonchev–Trinajstić information content (AvgIpc) is 2.47. The zero-order valence-corrected chi connectivity index (χ0v) is 6.91. The van der Waals surface area contributed by atoms with Crippen LogP contribution in [-0.4, -0.2) is 15.4 Å². The molecule has 0 spiro atoms. The van der Waals surface area contributed by atoms with Crippen LogP contribution >= 0.6 is 11.6 Å². The third kappa shape index (κ3) is 1.39. The minimum atomic E-state index is 0.155. The van der Waals surface area contributed by atoms with Crippen LogP contribution in [0.1, 0.15) is 11.4 Å². The van der Waals surface area contributed by atoms with Gasteiger partial charge in [0.2, 0.25) is 0 Å². The number of rotatable bonds is 2. The molecule has 0 aromatic carbocycles. The number of hydrogen-bond acceptors (Lipinski definition) is 3. The van der Waals surface area contributed by atoms with E-state index in [1.165, 1.54) is 6.33 Å². The molecule has 0 fully saturated rings. The van der Waals surface area contributed by atoms with Crippen molar-refractivity contribution >= 4 is 11.6 Å². The first-order valence-corrected chi connectivity index (χ1v) is 3.78. The maximum Gasteiger partial charge on any atom is 0.176 e. The molecule has 0 radical (unpaired) electrons. The van der Waals surface area contributed by atoms with Crippen molar-refractivity contribution in [3.05, 3.63) is 17.7 Å². The summed E-state index contributed by atoms with van der Waals surface area (Å²) in [6.07, 6.45) is 1.44. The zero-order valence-electron chi connectivity index (χ0n) is 6.16. The molecular weight excluding hydrogens is 176 g/mol. The topological polar surface area (TPSA) is 65.4 Å². The summed E-state index contributed by atoms with van der Waals surface area (Å²) < 4.78 is 1.56. The molecule has 0 aliphatic heterocycles. The Kier molecular flexibility index (Phi) is 2.68. The maximum atomic E-state index is 8.64. The molecule has 0 amide bonds. The lowest BCUT2D eigenvalue weighted by Crippen LogP contribution is -2.00. The van der Waals surface area contributed by atoms with Crippen LogP contribution in [0.4, 0.5) is 0 Å².